The van der Waals surface area contributed by atoms with Crippen molar-refractivity contribution in [2.45, 2.75) is 25.4 Å². The van der Waals surface area contributed by atoms with Crippen molar-refractivity contribution in [2.75, 3.05) is 27.2 Å². The van der Waals surface area contributed by atoms with Crippen LogP contribution in [0.15, 0.2) is 18.2 Å². The van der Waals surface area contributed by atoms with Gasteiger partial charge in [0.1, 0.15) is 10.8 Å². The normalized spacial score (nSPS) is 17.6. The van der Waals surface area contributed by atoms with Gasteiger partial charge in [-0.3, -0.25) is 4.90 Å². The third-order valence-corrected chi connectivity index (χ3v) is 4.17. The van der Waals surface area contributed by atoms with E-state index in [1.54, 1.807) is 6.07 Å². The fourth-order valence-corrected chi connectivity index (χ4v) is 2.85. The Labute approximate surface area is 125 Å². The smallest absolute Gasteiger partial charge is 0.124 e. The average molecular weight is 295 g/mol. The van der Waals surface area contributed by atoms with E-state index in [4.69, 9.17) is 18.0 Å². The van der Waals surface area contributed by atoms with E-state index in [9.17, 15) is 4.39 Å². The standard InChI is InChI=1S/C15H22FN3S/c1-18(2)14-3-5-19(6-4-14)10-11-7-12(15(17)20)9-13(16)8-11/h7-9,14H,3-6,10H2,1-2H3,(H2,17,20). The maximum Gasteiger partial charge on any atom is 0.124 e. The lowest BCUT2D eigenvalue weighted by Gasteiger charge is -2.35. The van der Waals surface area contributed by atoms with Crippen LogP contribution in [0, 0.1) is 5.82 Å². The molecule has 0 aliphatic carbocycles. The lowest BCUT2D eigenvalue weighted by molar-refractivity contribution is 0.140. The van der Waals surface area contributed by atoms with Crippen molar-refractivity contribution >= 4 is 17.2 Å². The summed E-state index contributed by atoms with van der Waals surface area (Å²) in [6.45, 7) is 2.84. The van der Waals surface area contributed by atoms with Gasteiger partial charge in [0.15, 0.2) is 0 Å². The van der Waals surface area contributed by atoms with Crippen LogP contribution in [0.3, 0.4) is 0 Å². The molecule has 1 aromatic rings. The first-order valence-electron chi connectivity index (χ1n) is 6.94. The predicted octanol–water partition coefficient (Wildman–Crippen LogP) is 1.99. The molecule has 110 valence electrons. The lowest BCUT2D eigenvalue weighted by atomic mass is 10.0. The number of halogens is 1. The van der Waals surface area contributed by atoms with E-state index in [1.165, 1.54) is 6.07 Å². The molecular weight excluding hydrogens is 273 g/mol. The summed E-state index contributed by atoms with van der Waals surface area (Å²) in [6.07, 6.45) is 2.31. The van der Waals surface area contributed by atoms with Crippen LogP contribution < -0.4 is 5.73 Å². The number of hydrogen-bond acceptors (Lipinski definition) is 3. The minimum absolute atomic E-state index is 0.247. The molecule has 2 N–H and O–H groups in total. The van der Waals surface area contributed by atoms with Crippen molar-refractivity contribution in [3.63, 3.8) is 0 Å². The Balaban J connectivity index is 1.99. The van der Waals surface area contributed by atoms with Gasteiger partial charge < -0.3 is 10.6 Å². The number of nitrogens with zero attached hydrogens (tertiary/aromatic N) is 2. The molecule has 3 nitrogen and oxygen atoms in total. The van der Waals surface area contributed by atoms with Crippen molar-refractivity contribution in [1.82, 2.24) is 9.80 Å². The van der Waals surface area contributed by atoms with Gasteiger partial charge in [-0.25, -0.2) is 4.39 Å². The van der Waals surface area contributed by atoms with Crippen LogP contribution in [-0.2, 0) is 6.54 Å². The molecule has 1 saturated heterocycles. The molecule has 0 spiro atoms. The van der Waals surface area contributed by atoms with Crippen molar-refractivity contribution in [3.8, 4) is 0 Å². The van der Waals surface area contributed by atoms with Gasteiger partial charge in [0.25, 0.3) is 0 Å². The van der Waals surface area contributed by atoms with Crippen LogP contribution in [0.4, 0.5) is 4.39 Å². The number of hydrogen-bond donors (Lipinski definition) is 1. The van der Waals surface area contributed by atoms with E-state index in [-0.39, 0.29) is 10.8 Å². The van der Waals surface area contributed by atoms with Gasteiger partial charge in [0, 0.05) is 18.2 Å². The third-order valence-electron chi connectivity index (χ3n) is 3.94. The fraction of sp³-hybridized carbons (Fsp3) is 0.533. The summed E-state index contributed by atoms with van der Waals surface area (Å²) in [6, 6.07) is 5.51. The van der Waals surface area contributed by atoms with Gasteiger partial charge in [0.2, 0.25) is 0 Å². The summed E-state index contributed by atoms with van der Waals surface area (Å²) in [5.41, 5.74) is 7.13. The van der Waals surface area contributed by atoms with Crippen LogP contribution in [0.5, 0.6) is 0 Å². The molecule has 5 heteroatoms. The summed E-state index contributed by atoms with van der Waals surface area (Å²) >= 11 is 4.92. The van der Waals surface area contributed by atoms with Gasteiger partial charge in [-0.15, -0.1) is 0 Å². The maximum absolute atomic E-state index is 13.6. The third kappa shape index (κ3) is 3.98. The Hall–Kier alpha value is -1.04. The monoisotopic (exact) mass is 295 g/mol. The molecule has 0 atom stereocenters. The molecule has 1 aromatic carbocycles. The Morgan fingerprint density at radius 3 is 2.55 bits per heavy atom. The Morgan fingerprint density at radius 2 is 2.00 bits per heavy atom. The topological polar surface area (TPSA) is 32.5 Å². The molecule has 1 aliphatic heterocycles. The first-order valence-corrected chi connectivity index (χ1v) is 7.34. The van der Waals surface area contributed by atoms with Crippen LogP contribution >= 0.6 is 12.2 Å². The van der Waals surface area contributed by atoms with E-state index in [0.29, 0.717) is 11.6 Å². The number of piperidine rings is 1. The van der Waals surface area contributed by atoms with Crippen molar-refractivity contribution in [3.05, 3.63) is 35.1 Å². The molecule has 1 fully saturated rings. The minimum atomic E-state index is -0.270. The van der Waals surface area contributed by atoms with E-state index >= 15 is 0 Å². The maximum atomic E-state index is 13.6. The molecule has 0 saturated carbocycles. The molecule has 20 heavy (non-hydrogen) atoms. The number of rotatable bonds is 4. The van der Waals surface area contributed by atoms with E-state index in [2.05, 4.69) is 23.9 Å². The van der Waals surface area contributed by atoms with E-state index in [0.717, 1.165) is 38.0 Å². The fourth-order valence-electron chi connectivity index (χ4n) is 2.74. The molecular formula is C15H22FN3S. The first-order chi connectivity index (χ1) is 9.45. The van der Waals surface area contributed by atoms with Gasteiger partial charge in [-0.1, -0.05) is 12.2 Å². The number of benzene rings is 1. The molecule has 0 bridgehead atoms. The Kier molecular flexibility index (Phi) is 5.07. The summed E-state index contributed by atoms with van der Waals surface area (Å²) in [4.78, 5) is 4.89. The van der Waals surface area contributed by atoms with Crippen molar-refractivity contribution in [2.24, 2.45) is 5.73 Å². The highest BCUT2D eigenvalue weighted by Crippen LogP contribution is 2.18. The molecule has 1 aliphatic rings. The minimum Gasteiger partial charge on any atom is -0.389 e. The van der Waals surface area contributed by atoms with Crippen LogP contribution in [0.25, 0.3) is 0 Å². The highest BCUT2D eigenvalue weighted by atomic mass is 32.1. The molecule has 0 amide bonds. The summed E-state index contributed by atoms with van der Waals surface area (Å²) in [7, 11) is 4.25. The van der Waals surface area contributed by atoms with E-state index < -0.39 is 0 Å². The Morgan fingerprint density at radius 1 is 1.35 bits per heavy atom. The molecule has 2 rings (SSSR count). The van der Waals surface area contributed by atoms with Crippen LogP contribution in [0.1, 0.15) is 24.0 Å². The summed E-state index contributed by atoms with van der Waals surface area (Å²) in [5.74, 6) is -0.270. The van der Waals surface area contributed by atoms with Gasteiger partial charge in [-0.05, 0) is 63.8 Å². The SMILES string of the molecule is CN(C)C1CCN(Cc2cc(F)cc(C(N)=S)c2)CC1. The summed E-state index contributed by atoms with van der Waals surface area (Å²) in [5, 5.41) is 0. The average Bonchev–Trinajstić information content (AvgIpc) is 2.38. The summed E-state index contributed by atoms with van der Waals surface area (Å²) < 4.78 is 13.6. The number of nitrogens with two attached hydrogens (primary N) is 1. The highest BCUT2D eigenvalue weighted by molar-refractivity contribution is 7.80. The lowest BCUT2D eigenvalue weighted by Crippen LogP contribution is -2.41. The quantitative estimate of drug-likeness (QED) is 0.861. The zero-order valence-electron chi connectivity index (χ0n) is 12.1. The predicted molar refractivity (Wildman–Crippen MR) is 84.3 cm³/mol. The second kappa shape index (κ2) is 6.61. The van der Waals surface area contributed by atoms with Gasteiger partial charge >= 0.3 is 0 Å². The van der Waals surface area contributed by atoms with Crippen molar-refractivity contribution < 1.29 is 4.39 Å². The van der Waals surface area contributed by atoms with Gasteiger partial charge in [-0.2, -0.15) is 0 Å². The van der Waals surface area contributed by atoms with E-state index in [1.807, 2.05) is 6.07 Å². The molecule has 0 unspecified atom stereocenters. The second-order valence-electron chi connectivity index (χ2n) is 5.68. The molecule has 1 heterocycles. The zero-order valence-corrected chi connectivity index (χ0v) is 12.9. The number of thiocarbonyl (C=S) groups is 1. The first kappa shape index (κ1) is 15.4. The second-order valence-corrected chi connectivity index (χ2v) is 6.12. The van der Waals surface area contributed by atoms with Crippen LogP contribution in [-0.4, -0.2) is 48.0 Å². The van der Waals surface area contributed by atoms with Crippen molar-refractivity contribution in [1.29, 1.82) is 0 Å². The molecule has 0 radical (unpaired) electrons. The highest BCUT2D eigenvalue weighted by Gasteiger charge is 2.20. The largest absolute Gasteiger partial charge is 0.389 e. The van der Waals surface area contributed by atoms with Crippen LogP contribution in [0.2, 0.25) is 0 Å². The van der Waals surface area contributed by atoms with Gasteiger partial charge in [0.05, 0.1) is 0 Å². The molecule has 0 aromatic heterocycles. The number of likely N-dealkylation sites (tertiary alicyclic amines) is 1. The Bertz CT molecular complexity index is 482. The zero-order chi connectivity index (χ0) is 14.7.